The van der Waals surface area contributed by atoms with Crippen molar-refractivity contribution in [1.29, 1.82) is 0 Å². The van der Waals surface area contributed by atoms with Gasteiger partial charge in [0.25, 0.3) is 0 Å². The minimum Gasteiger partial charge on any atom is -0.140 e. The number of nitrogens with zero attached hydrogens (tertiary/aromatic N) is 1. The van der Waals surface area contributed by atoms with Gasteiger partial charge in [0, 0.05) is 5.56 Å². The van der Waals surface area contributed by atoms with E-state index in [1.165, 1.54) is 16.7 Å². The summed E-state index contributed by atoms with van der Waals surface area (Å²) < 4.78 is 0. The summed E-state index contributed by atoms with van der Waals surface area (Å²) in [7, 11) is 0. The molecule has 0 aliphatic rings. The van der Waals surface area contributed by atoms with Crippen LogP contribution in [0.5, 0.6) is 0 Å². The first-order valence-corrected chi connectivity index (χ1v) is 7.32. The summed E-state index contributed by atoms with van der Waals surface area (Å²) in [5.41, 5.74) is 6.13. The predicted octanol–water partition coefficient (Wildman–Crippen LogP) is 5.78. The largest absolute Gasteiger partial charge is 0.222 e. The first-order chi connectivity index (χ1) is 10.2. The van der Waals surface area contributed by atoms with Crippen molar-refractivity contribution in [3.05, 3.63) is 88.3 Å². The molecular weight excluding hydrogens is 254 g/mol. The maximum absolute atomic E-state index is 4.35. The fourth-order valence-corrected chi connectivity index (χ4v) is 2.39. The van der Waals surface area contributed by atoms with Gasteiger partial charge in [-0.05, 0) is 20.3 Å². The Kier molecular flexibility index (Phi) is 5.23. The zero-order valence-electron chi connectivity index (χ0n) is 12.9. The molecular formula is C20H21N. The zero-order valence-corrected chi connectivity index (χ0v) is 12.9. The molecule has 0 saturated carbocycles. The Balaban J connectivity index is 2.26. The highest BCUT2D eigenvalue weighted by Crippen LogP contribution is 2.26. The summed E-state index contributed by atoms with van der Waals surface area (Å²) in [5.74, 6) is 0. The van der Waals surface area contributed by atoms with Gasteiger partial charge in [0.1, 0.15) is 0 Å². The van der Waals surface area contributed by atoms with Crippen molar-refractivity contribution >= 4 is 5.57 Å². The minimum absolute atomic E-state index is 0.990. The van der Waals surface area contributed by atoms with Crippen LogP contribution < -0.4 is 0 Å². The van der Waals surface area contributed by atoms with Gasteiger partial charge >= 0.3 is 0 Å². The van der Waals surface area contributed by atoms with Crippen LogP contribution in [0.2, 0.25) is 0 Å². The van der Waals surface area contributed by atoms with Gasteiger partial charge in [-0.3, -0.25) is 0 Å². The van der Waals surface area contributed by atoms with Crippen LogP contribution >= 0.6 is 0 Å². The predicted molar refractivity (Wildman–Crippen MR) is 91.2 cm³/mol. The Morgan fingerprint density at radius 1 is 1.00 bits per heavy atom. The van der Waals surface area contributed by atoms with E-state index in [1.54, 1.807) is 0 Å². The second kappa shape index (κ2) is 7.36. The Hall–Kier alpha value is -2.46. The Bertz CT molecular complexity index is 681. The lowest BCUT2D eigenvalue weighted by Crippen LogP contribution is -1.92. The molecule has 0 fully saturated rings. The number of hydrogen-bond donors (Lipinski definition) is 0. The second-order valence-corrected chi connectivity index (χ2v) is 5.16. The van der Waals surface area contributed by atoms with E-state index < -0.39 is 0 Å². The number of benzene rings is 2. The molecule has 0 N–H and O–H groups in total. The van der Waals surface area contributed by atoms with E-state index in [4.69, 9.17) is 0 Å². The summed E-state index contributed by atoms with van der Waals surface area (Å²) in [6, 6.07) is 21.4. The molecule has 0 radical (unpaired) electrons. The maximum atomic E-state index is 4.35. The summed E-state index contributed by atoms with van der Waals surface area (Å²) in [6.07, 6.45) is 1.03. The molecule has 1 nitrogen and oxygen atoms in total. The highest BCUT2D eigenvalue weighted by atomic mass is 14.6. The zero-order chi connectivity index (χ0) is 15.1. The molecule has 0 aliphatic heterocycles. The van der Waals surface area contributed by atoms with Crippen LogP contribution in [0.3, 0.4) is 0 Å². The molecule has 0 heterocycles. The molecule has 2 aromatic rings. The van der Waals surface area contributed by atoms with E-state index in [2.05, 4.69) is 49.9 Å². The summed E-state index contributed by atoms with van der Waals surface area (Å²) in [5, 5.41) is 0. The molecule has 0 unspecified atom stereocenters. The van der Waals surface area contributed by atoms with Gasteiger partial charge in [-0.1, -0.05) is 71.7 Å². The lowest BCUT2D eigenvalue weighted by atomic mass is 9.94. The minimum atomic E-state index is 0.990. The van der Waals surface area contributed by atoms with Crippen LogP contribution in [-0.2, 0) is 0 Å². The quantitative estimate of drug-likeness (QED) is 0.625. The maximum Gasteiger partial charge on any atom is 0.222 e. The summed E-state index contributed by atoms with van der Waals surface area (Å²) in [4.78, 5) is 4.35. The third-order valence-corrected chi connectivity index (χ3v) is 3.41. The van der Waals surface area contributed by atoms with Gasteiger partial charge in [0.15, 0.2) is 0 Å². The first-order valence-electron chi connectivity index (χ1n) is 7.32. The van der Waals surface area contributed by atoms with E-state index in [9.17, 15) is 0 Å². The Labute approximate surface area is 127 Å². The van der Waals surface area contributed by atoms with Crippen molar-refractivity contribution in [3.63, 3.8) is 0 Å². The Morgan fingerprint density at radius 2 is 1.67 bits per heavy atom. The molecule has 2 aromatic carbocycles. The third kappa shape index (κ3) is 4.00. The third-order valence-electron chi connectivity index (χ3n) is 3.41. The monoisotopic (exact) mass is 275 g/mol. The fourth-order valence-electron chi connectivity index (χ4n) is 2.39. The van der Waals surface area contributed by atoms with E-state index in [1.807, 2.05) is 42.9 Å². The van der Waals surface area contributed by atoms with Crippen molar-refractivity contribution in [3.8, 4) is 6.07 Å². The van der Waals surface area contributed by atoms with Crippen LogP contribution in [0.25, 0.3) is 10.4 Å². The van der Waals surface area contributed by atoms with Crippen LogP contribution in [0.1, 0.15) is 43.9 Å². The lowest BCUT2D eigenvalue weighted by molar-refractivity contribution is 1.19. The van der Waals surface area contributed by atoms with E-state index >= 15 is 0 Å². The normalized spacial score (nSPS) is 9.48. The van der Waals surface area contributed by atoms with Crippen molar-refractivity contribution in [1.82, 2.24) is 0 Å². The van der Waals surface area contributed by atoms with E-state index in [0.717, 1.165) is 17.5 Å². The van der Waals surface area contributed by atoms with Crippen LogP contribution in [0, 0.1) is 12.6 Å². The van der Waals surface area contributed by atoms with Crippen molar-refractivity contribution in [2.75, 3.05) is 0 Å². The van der Waals surface area contributed by atoms with E-state index in [0.29, 0.717) is 0 Å². The van der Waals surface area contributed by atoms with Crippen molar-refractivity contribution in [2.24, 2.45) is 0 Å². The molecule has 0 spiro atoms. The smallest absolute Gasteiger partial charge is 0.140 e. The molecule has 1 heteroatoms. The van der Waals surface area contributed by atoms with Gasteiger partial charge < -0.3 is 0 Å². The van der Waals surface area contributed by atoms with Gasteiger partial charge in [0.05, 0.1) is 0 Å². The number of allylic oxidation sites excluding steroid dienone is 2. The highest BCUT2D eigenvalue weighted by Gasteiger charge is 2.04. The van der Waals surface area contributed by atoms with Gasteiger partial charge in [-0.25, -0.2) is 0 Å². The van der Waals surface area contributed by atoms with E-state index in [-0.39, 0.29) is 0 Å². The molecule has 0 bridgehead atoms. The lowest BCUT2D eigenvalue weighted by Gasteiger charge is -2.14. The molecule has 0 atom stereocenters. The molecule has 0 amide bonds. The molecule has 21 heavy (non-hydrogen) atoms. The fraction of sp³-hybridized carbons (Fsp3) is 0.200. The molecule has 0 saturated heterocycles. The molecule has 106 valence electrons. The van der Waals surface area contributed by atoms with Gasteiger partial charge in [-0.15, -0.1) is 17.0 Å². The van der Waals surface area contributed by atoms with Crippen LogP contribution in [0.15, 0.2) is 60.2 Å². The first kappa shape index (κ1) is 14.9. The highest BCUT2D eigenvalue weighted by molar-refractivity contribution is 5.71. The number of rotatable bonds is 3. The second-order valence-electron chi connectivity index (χ2n) is 5.16. The average molecular weight is 275 g/mol. The molecule has 0 aromatic heterocycles. The van der Waals surface area contributed by atoms with Gasteiger partial charge in [0.2, 0.25) is 12.6 Å². The number of hydrogen-bond acceptors (Lipinski definition) is 0. The molecule has 2 rings (SSSR count). The topological polar surface area (TPSA) is 4.36 Å². The Morgan fingerprint density at radius 3 is 2.33 bits per heavy atom. The van der Waals surface area contributed by atoms with Crippen molar-refractivity contribution in [2.45, 2.75) is 27.2 Å². The molecule has 0 aliphatic carbocycles. The summed E-state index contributed by atoms with van der Waals surface area (Å²) >= 11 is 0. The average Bonchev–Trinajstić information content (AvgIpc) is 2.50. The SMILES string of the molecule is CCC(=C(C)C)c1ccccc1[CH-][N+]#Cc1ccccc1. The summed E-state index contributed by atoms with van der Waals surface area (Å²) in [6.45, 7) is 8.41. The van der Waals surface area contributed by atoms with Crippen LogP contribution in [-0.4, -0.2) is 0 Å². The van der Waals surface area contributed by atoms with Crippen LogP contribution in [0.4, 0.5) is 0 Å². The van der Waals surface area contributed by atoms with Gasteiger partial charge in [-0.2, -0.15) is 0 Å². The standard InChI is InChI=1S/C20H21N/c1-4-19(16(2)3)20-13-9-8-12-18(20)15-21-14-17-10-6-5-7-11-17/h5-13,15H,4H2,1-3H3. The van der Waals surface area contributed by atoms with Crippen molar-refractivity contribution < 1.29 is 0 Å².